The summed E-state index contributed by atoms with van der Waals surface area (Å²) in [6.45, 7) is 1.95. The van der Waals surface area contributed by atoms with Gasteiger partial charge in [-0.05, 0) is 22.6 Å². The first-order chi connectivity index (χ1) is 9.93. The van der Waals surface area contributed by atoms with E-state index in [1.54, 1.807) is 0 Å². The summed E-state index contributed by atoms with van der Waals surface area (Å²) in [4.78, 5) is 0. The monoisotopic (exact) mass is 306 g/mol. The standard InChI is InChI=1S/C13H14F3N4O.Li/c1-2-3-4-11(21)9-6-5-8(13(14,15)16)7-10(9)12-17-19-20-18-12;/h5-7,11H,2-4H2,1H3,(H,17,18,19,20);/q-1;+1. The minimum Gasteiger partial charge on any atom is -0.849 e. The van der Waals surface area contributed by atoms with E-state index in [1.165, 1.54) is 6.07 Å². The summed E-state index contributed by atoms with van der Waals surface area (Å²) in [5.74, 6) is 0.0634. The summed E-state index contributed by atoms with van der Waals surface area (Å²) in [7, 11) is 0. The molecule has 1 heterocycles. The van der Waals surface area contributed by atoms with Gasteiger partial charge in [0.2, 0.25) is 0 Å². The van der Waals surface area contributed by atoms with Gasteiger partial charge in [0.1, 0.15) is 0 Å². The van der Waals surface area contributed by atoms with Crippen LogP contribution in [0.15, 0.2) is 18.2 Å². The first kappa shape index (κ1) is 18.7. The van der Waals surface area contributed by atoms with Crippen LogP contribution in [0, 0.1) is 0 Å². The fraction of sp³-hybridized carbons (Fsp3) is 0.462. The fourth-order valence-electron chi connectivity index (χ4n) is 2.04. The first-order valence-electron chi connectivity index (χ1n) is 6.54. The molecule has 0 saturated heterocycles. The molecule has 114 valence electrons. The summed E-state index contributed by atoms with van der Waals surface area (Å²) in [5, 5.41) is 24.9. The molecule has 1 unspecified atom stereocenters. The molecule has 0 aliphatic rings. The van der Waals surface area contributed by atoms with Crippen LogP contribution in [-0.4, -0.2) is 20.6 Å². The van der Waals surface area contributed by atoms with Crippen LogP contribution in [0.4, 0.5) is 13.2 Å². The summed E-state index contributed by atoms with van der Waals surface area (Å²) < 4.78 is 38.4. The molecule has 0 saturated carbocycles. The third-order valence-electron chi connectivity index (χ3n) is 3.15. The van der Waals surface area contributed by atoms with Gasteiger partial charge in [-0.1, -0.05) is 43.9 Å². The molecular weight excluding hydrogens is 292 g/mol. The molecule has 5 nitrogen and oxygen atoms in total. The predicted molar refractivity (Wildman–Crippen MR) is 66.9 cm³/mol. The fourth-order valence-corrected chi connectivity index (χ4v) is 2.04. The number of nitrogens with one attached hydrogen (secondary N) is 1. The Balaban J connectivity index is 0.00000242. The molecule has 0 spiro atoms. The molecule has 9 heteroatoms. The van der Waals surface area contributed by atoms with E-state index < -0.39 is 17.8 Å². The minimum atomic E-state index is -4.48. The van der Waals surface area contributed by atoms with Crippen LogP contribution in [-0.2, 0) is 6.18 Å². The molecule has 0 bridgehead atoms. The second-order valence-corrected chi connectivity index (χ2v) is 4.68. The van der Waals surface area contributed by atoms with E-state index >= 15 is 0 Å². The number of tetrazole rings is 1. The van der Waals surface area contributed by atoms with Gasteiger partial charge in [-0.3, -0.25) is 0 Å². The maximum atomic E-state index is 12.8. The molecule has 22 heavy (non-hydrogen) atoms. The summed E-state index contributed by atoms with van der Waals surface area (Å²) in [5.41, 5.74) is -0.457. The normalized spacial score (nSPS) is 12.8. The first-order valence-corrected chi connectivity index (χ1v) is 6.54. The number of H-pyrrole nitrogens is 1. The smallest absolute Gasteiger partial charge is 0.849 e. The van der Waals surface area contributed by atoms with E-state index in [4.69, 9.17) is 0 Å². The van der Waals surface area contributed by atoms with Gasteiger partial charge in [0.15, 0.2) is 5.82 Å². The van der Waals surface area contributed by atoms with Crippen LogP contribution in [0.1, 0.15) is 43.4 Å². The van der Waals surface area contributed by atoms with Crippen molar-refractivity contribution in [3.8, 4) is 11.4 Å². The van der Waals surface area contributed by atoms with Gasteiger partial charge in [-0.25, -0.2) is 5.10 Å². The number of hydrogen-bond acceptors (Lipinski definition) is 4. The number of rotatable bonds is 5. The summed E-state index contributed by atoms with van der Waals surface area (Å²) in [6.07, 6.45) is -3.67. The molecule has 1 aromatic heterocycles. The number of benzene rings is 1. The molecule has 1 N–H and O–H groups in total. The van der Waals surface area contributed by atoms with E-state index in [0.29, 0.717) is 12.8 Å². The van der Waals surface area contributed by atoms with E-state index in [0.717, 1.165) is 18.6 Å². The van der Waals surface area contributed by atoms with Gasteiger partial charge >= 0.3 is 25.0 Å². The second kappa shape index (κ2) is 7.77. The van der Waals surface area contributed by atoms with Crippen molar-refractivity contribution in [3.05, 3.63) is 29.3 Å². The molecule has 0 aliphatic heterocycles. The Morgan fingerprint density at radius 1 is 1.32 bits per heavy atom. The molecule has 2 rings (SSSR count). The SMILES string of the molecule is CCCCC([O-])c1ccc(C(F)(F)F)cc1-c1nnn[nH]1.[Li+]. The van der Waals surface area contributed by atoms with Gasteiger partial charge in [0.05, 0.1) is 5.56 Å². The minimum absolute atomic E-state index is 0. The average molecular weight is 306 g/mol. The maximum Gasteiger partial charge on any atom is 1.00 e. The van der Waals surface area contributed by atoms with Crippen molar-refractivity contribution in [3.63, 3.8) is 0 Å². The molecule has 1 atom stereocenters. The molecule has 2 aromatic rings. The second-order valence-electron chi connectivity index (χ2n) is 4.68. The number of hydrogen-bond donors (Lipinski definition) is 1. The van der Waals surface area contributed by atoms with Crippen LogP contribution >= 0.6 is 0 Å². The molecule has 0 aliphatic carbocycles. The van der Waals surface area contributed by atoms with Gasteiger partial charge in [0.25, 0.3) is 0 Å². The zero-order chi connectivity index (χ0) is 15.5. The van der Waals surface area contributed by atoms with Crippen molar-refractivity contribution in [1.29, 1.82) is 0 Å². The van der Waals surface area contributed by atoms with E-state index in [9.17, 15) is 18.3 Å². The Morgan fingerprint density at radius 2 is 2.05 bits per heavy atom. The average Bonchev–Trinajstić information content (AvgIpc) is 2.97. The number of alkyl halides is 3. The van der Waals surface area contributed by atoms with Crippen LogP contribution in [0.2, 0.25) is 0 Å². The molecule has 1 aromatic carbocycles. The maximum absolute atomic E-state index is 12.8. The Labute approximate surface area is 137 Å². The van der Waals surface area contributed by atoms with Crippen molar-refractivity contribution in [2.24, 2.45) is 0 Å². The third kappa shape index (κ3) is 4.32. The van der Waals surface area contributed by atoms with Crippen molar-refractivity contribution in [1.82, 2.24) is 20.6 Å². The molecule has 0 amide bonds. The van der Waals surface area contributed by atoms with Gasteiger partial charge < -0.3 is 5.11 Å². The Hall–Kier alpha value is -1.36. The number of aromatic nitrogens is 4. The summed E-state index contributed by atoms with van der Waals surface area (Å²) in [6, 6.07) is 3.04. The quantitative estimate of drug-likeness (QED) is 0.754. The van der Waals surface area contributed by atoms with Gasteiger partial charge in [-0.15, -0.1) is 5.10 Å². The number of halogens is 3. The Kier molecular flexibility index (Phi) is 6.60. The zero-order valence-corrected chi connectivity index (χ0v) is 12.3. The van der Waals surface area contributed by atoms with Gasteiger partial charge in [0, 0.05) is 5.56 Å². The van der Waals surface area contributed by atoms with Crippen LogP contribution in [0.5, 0.6) is 0 Å². The van der Waals surface area contributed by atoms with Crippen LogP contribution < -0.4 is 24.0 Å². The molecule has 0 fully saturated rings. The van der Waals surface area contributed by atoms with E-state index in [1.807, 2.05) is 6.92 Å². The van der Waals surface area contributed by atoms with Gasteiger partial charge in [-0.2, -0.15) is 13.2 Å². The largest absolute Gasteiger partial charge is 1.00 e. The van der Waals surface area contributed by atoms with Crippen molar-refractivity contribution >= 4 is 0 Å². The predicted octanol–water partition coefficient (Wildman–Crippen LogP) is -0.519. The van der Waals surface area contributed by atoms with Crippen LogP contribution in [0.3, 0.4) is 0 Å². The summed E-state index contributed by atoms with van der Waals surface area (Å²) >= 11 is 0. The topological polar surface area (TPSA) is 77.5 Å². The third-order valence-corrected chi connectivity index (χ3v) is 3.15. The number of unbranched alkanes of at least 4 members (excludes halogenated alkanes) is 1. The van der Waals surface area contributed by atoms with Crippen molar-refractivity contribution < 1.29 is 37.1 Å². The zero-order valence-electron chi connectivity index (χ0n) is 12.3. The molecular formula is C13H14F3LiN4O. The van der Waals surface area contributed by atoms with E-state index in [-0.39, 0.29) is 35.8 Å². The van der Waals surface area contributed by atoms with Crippen molar-refractivity contribution in [2.75, 3.05) is 0 Å². The van der Waals surface area contributed by atoms with Crippen molar-refractivity contribution in [2.45, 2.75) is 38.5 Å². The number of aromatic amines is 1. The number of nitrogens with zero attached hydrogens (tertiary/aromatic N) is 3. The Bertz CT molecular complexity index is 589. The van der Waals surface area contributed by atoms with E-state index in [2.05, 4.69) is 20.6 Å². The Morgan fingerprint density at radius 3 is 2.59 bits per heavy atom. The molecule has 0 radical (unpaired) electrons. The van der Waals surface area contributed by atoms with Crippen LogP contribution in [0.25, 0.3) is 11.4 Å².